The molecule has 0 bridgehead atoms. The summed E-state index contributed by atoms with van der Waals surface area (Å²) < 4.78 is 56.2. The maximum absolute atomic E-state index is 13.1. The Morgan fingerprint density at radius 1 is 1.06 bits per heavy atom. The van der Waals surface area contributed by atoms with Crippen molar-refractivity contribution >= 4 is 29.5 Å². The largest absolute Gasteiger partial charge is 0.497 e. The van der Waals surface area contributed by atoms with Crippen molar-refractivity contribution in [1.82, 2.24) is 9.78 Å². The summed E-state index contributed by atoms with van der Waals surface area (Å²) in [6.45, 7) is 0.187. The number of alkyl halides is 3. The Morgan fingerprint density at radius 3 is 2.26 bits per heavy atom. The molecule has 0 radical (unpaired) electrons. The highest BCUT2D eigenvalue weighted by Crippen LogP contribution is 2.42. The first-order valence-electron chi connectivity index (χ1n) is 8.66. The molecule has 0 aliphatic carbocycles. The molecule has 0 fully saturated rings. The Bertz CT molecular complexity index is 1100. The van der Waals surface area contributed by atoms with Crippen LogP contribution in [0.2, 0.25) is 10.0 Å². The van der Waals surface area contributed by atoms with Gasteiger partial charge in [0.2, 0.25) is 5.88 Å². The van der Waals surface area contributed by atoms with Crippen LogP contribution in [0.5, 0.6) is 23.1 Å². The van der Waals surface area contributed by atoms with Crippen LogP contribution in [0, 0.1) is 0 Å². The molecule has 3 aromatic rings. The predicted octanol–water partition coefficient (Wildman–Crippen LogP) is 5.94. The number of aromatic nitrogens is 2. The number of halogens is 5. The van der Waals surface area contributed by atoms with Crippen LogP contribution in [-0.4, -0.2) is 23.2 Å². The minimum absolute atomic E-state index is 0.00135. The van der Waals surface area contributed by atoms with Gasteiger partial charge in [-0.15, -0.1) is 0 Å². The number of benzene rings is 2. The van der Waals surface area contributed by atoms with Crippen molar-refractivity contribution in [3.05, 3.63) is 63.3 Å². The van der Waals surface area contributed by atoms with Gasteiger partial charge in [0.15, 0.2) is 12.0 Å². The Balaban J connectivity index is 1.82. The van der Waals surface area contributed by atoms with Crippen molar-refractivity contribution in [1.29, 1.82) is 0 Å². The monoisotopic (exact) mass is 474 g/mol. The third-order valence-electron chi connectivity index (χ3n) is 4.19. The summed E-state index contributed by atoms with van der Waals surface area (Å²) in [4.78, 5) is 11.2. The van der Waals surface area contributed by atoms with Crippen LogP contribution in [0.4, 0.5) is 13.2 Å². The first-order chi connectivity index (χ1) is 14.7. The van der Waals surface area contributed by atoms with Crippen LogP contribution in [0.3, 0.4) is 0 Å². The van der Waals surface area contributed by atoms with E-state index in [0.29, 0.717) is 5.75 Å². The molecule has 0 amide bonds. The predicted molar refractivity (Wildman–Crippen MR) is 107 cm³/mol. The SMILES string of the molecule is COc1ccc(COc2ccc(Oc3c(C=O)c(C(F)(F)F)nn3C)c(Cl)c2Cl)cc1. The number of rotatable bonds is 7. The fraction of sp³-hybridized carbons (Fsp3) is 0.200. The molecular formula is C20H15Cl2F3N2O4. The number of hydrogen-bond donors (Lipinski definition) is 0. The molecule has 0 unspecified atom stereocenters. The van der Waals surface area contributed by atoms with Gasteiger partial charge in [0.1, 0.15) is 39.5 Å². The van der Waals surface area contributed by atoms with E-state index in [-0.39, 0.29) is 34.4 Å². The van der Waals surface area contributed by atoms with Gasteiger partial charge in [-0.05, 0) is 29.8 Å². The number of methoxy groups -OCH3 is 1. The first-order valence-corrected chi connectivity index (χ1v) is 9.42. The summed E-state index contributed by atoms with van der Waals surface area (Å²) in [7, 11) is 2.77. The first kappa shape index (κ1) is 22.8. The smallest absolute Gasteiger partial charge is 0.436 e. The molecule has 2 aromatic carbocycles. The van der Waals surface area contributed by atoms with Gasteiger partial charge >= 0.3 is 6.18 Å². The van der Waals surface area contributed by atoms with E-state index in [9.17, 15) is 18.0 Å². The molecule has 0 spiro atoms. The lowest BCUT2D eigenvalue weighted by atomic mass is 10.2. The van der Waals surface area contributed by atoms with Crippen molar-refractivity contribution in [2.45, 2.75) is 12.8 Å². The zero-order chi connectivity index (χ0) is 22.8. The molecule has 1 heterocycles. The molecule has 0 saturated heterocycles. The van der Waals surface area contributed by atoms with E-state index in [1.54, 1.807) is 19.2 Å². The Morgan fingerprint density at radius 2 is 1.68 bits per heavy atom. The van der Waals surface area contributed by atoms with Gasteiger partial charge in [0.05, 0.1) is 7.11 Å². The van der Waals surface area contributed by atoms with E-state index >= 15 is 0 Å². The number of carbonyl (C=O) groups is 1. The summed E-state index contributed by atoms with van der Waals surface area (Å²) in [6.07, 6.45) is -4.80. The van der Waals surface area contributed by atoms with E-state index in [0.717, 1.165) is 10.2 Å². The van der Waals surface area contributed by atoms with Crippen molar-refractivity contribution in [3.63, 3.8) is 0 Å². The summed E-state index contributed by atoms with van der Waals surface area (Å²) in [5.41, 5.74) is -1.26. The second kappa shape index (κ2) is 9.07. The quantitative estimate of drug-likeness (QED) is 0.396. The average Bonchev–Trinajstić information content (AvgIpc) is 3.07. The highest BCUT2D eigenvalue weighted by molar-refractivity contribution is 6.43. The molecule has 11 heteroatoms. The Hall–Kier alpha value is -2.91. The Labute approximate surface area is 185 Å². The number of hydrogen-bond acceptors (Lipinski definition) is 5. The number of aldehydes is 1. The maximum Gasteiger partial charge on any atom is 0.436 e. The minimum Gasteiger partial charge on any atom is -0.497 e. The molecule has 0 aliphatic rings. The summed E-state index contributed by atoms with van der Waals surface area (Å²) in [5, 5.41) is 3.22. The third kappa shape index (κ3) is 4.88. The van der Waals surface area contributed by atoms with Crippen molar-refractivity contribution < 1.29 is 32.2 Å². The van der Waals surface area contributed by atoms with Gasteiger partial charge in [-0.25, -0.2) is 4.68 Å². The fourth-order valence-electron chi connectivity index (χ4n) is 2.65. The molecule has 0 atom stereocenters. The third-order valence-corrected chi connectivity index (χ3v) is 5.03. The molecule has 3 rings (SSSR count). The zero-order valence-electron chi connectivity index (χ0n) is 16.2. The van der Waals surface area contributed by atoms with Crippen molar-refractivity contribution in [3.8, 4) is 23.1 Å². The number of carbonyl (C=O) groups excluding carboxylic acids is 1. The highest BCUT2D eigenvalue weighted by Gasteiger charge is 2.39. The number of ether oxygens (including phenoxy) is 3. The van der Waals surface area contributed by atoms with Gasteiger partial charge in [-0.1, -0.05) is 35.3 Å². The summed E-state index contributed by atoms with van der Waals surface area (Å²) >= 11 is 12.5. The molecule has 1 aromatic heterocycles. The molecular weight excluding hydrogens is 460 g/mol. The van der Waals surface area contributed by atoms with Crippen LogP contribution >= 0.6 is 23.2 Å². The van der Waals surface area contributed by atoms with E-state index in [1.807, 2.05) is 12.1 Å². The molecule has 6 nitrogen and oxygen atoms in total. The normalized spacial score (nSPS) is 11.3. The van der Waals surface area contributed by atoms with Crippen LogP contribution in [0.1, 0.15) is 21.6 Å². The molecule has 0 N–H and O–H groups in total. The van der Waals surface area contributed by atoms with Gasteiger partial charge < -0.3 is 14.2 Å². The lowest BCUT2D eigenvalue weighted by Gasteiger charge is -2.13. The molecule has 164 valence electrons. The molecule has 0 aliphatic heterocycles. The fourth-order valence-corrected chi connectivity index (χ4v) is 3.06. The van der Waals surface area contributed by atoms with E-state index in [1.165, 1.54) is 19.2 Å². The summed E-state index contributed by atoms with van der Waals surface area (Å²) in [5.74, 6) is 0.451. The van der Waals surface area contributed by atoms with E-state index in [4.69, 9.17) is 37.4 Å². The number of nitrogens with zero attached hydrogens (tertiary/aromatic N) is 2. The van der Waals surface area contributed by atoms with E-state index in [2.05, 4.69) is 5.10 Å². The van der Waals surface area contributed by atoms with Gasteiger partial charge in [-0.2, -0.15) is 18.3 Å². The molecule has 31 heavy (non-hydrogen) atoms. The van der Waals surface area contributed by atoms with Crippen molar-refractivity contribution in [2.24, 2.45) is 7.05 Å². The minimum atomic E-state index is -4.82. The maximum atomic E-state index is 13.1. The zero-order valence-corrected chi connectivity index (χ0v) is 17.7. The lowest BCUT2D eigenvalue weighted by molar-refractivity contribution is -0.141. The standard InChI is InChI=1S/C20H15Cl2F3N2O4/c1-27-19(13(9-28)18(26-27)20(23,24)25)31-15-8-7-14(16(21)17(15)22)30-10-11-3-5-12(29-2)6-4-11/h3-9H,10H2,1-2H3. The van der Waals surface area contributed by atoms with Crippen LogP contribution in [0.25, 0.3) is 0 Å². The second-order valence-electron chi connectivity index (χ2n) is 6.24. The van der Waals surface area contributed by atoms with Crippen LogP contribution < -0.4 is 14.2 Å². The van der Waals surface area contributed by atoms with Gasteiger partial charge in [0, 0.05) is 7.05 Å². The second-order valence-corrected chi connectivity index (χ2v) is 6.99. The van der Waals surface area contributed by atoms with Crippen LogP contribution in [0.15, 0.2) is 36.4 Å². The molecule has 0 saturated carbocycles. The van der Waals surface area contributed by atoms with Crippen LogP contribution in [-0.2, 0) is 19.8 Å². The number of aryl methyl sites for hydroxylation is 1. The Kier molecular flexibility index (Phi) is 6.66. The topological polar surface area (TPSA) is 62.6 Å². The average molecular weight is 475 g/mol. The van der Waals surface area contributed by atoms with Crippen molar-refractivity contribution in [2.75, 3.05) is 7.11 Å². The summed E-state index contributed by atoms with van der Waals surface area (Å²) in [6, 6.07) is 10.00. The lowest BCUT2D eigenvalue weighted by Crippen LogP contribution is -2.09. The highest BCUT2D eigenvalue weighted by atomic mass is 35.5. The van der Waals surface area contributed by atoms with Gasteiger partial charge in [0.25, 0.3) is 0 Å². The van der Waals surface area contributed by atoms with E-state index < -0.39 is 23.3 Å². The van der Waals surface area contributed by atoms with Gasteiger partial charge in [-0.3, -0.25) is 4.79 Å².